The average Bonchev–Trinajstić information content (AvgIpc) is 2.65. The number of nitrogens with one attached hydrogen (secondary N) is 1. The molecule has 7 heteroatoms. The first-order valence-electron chi connectivity index (χ1n) is 8.36. The van der Waals surface area contributed by atoms with E-state index in [2.05, 4.69) is 10.2 Å². The molecule has 1 saturated heterocycles. The highest BCUT2D eigenvalue weighted by Gasteiger charge is 2.29. The zero-order valence-corrected chi connectivity index (χ0v) is 17.0. The van der Waals surface area contributed by atoms with Crippen molar-refractivity contribution in [3.63, 3.8) is 0 Å². The molecule has 1 unspecified atom stereocenters. The SMILES string of the molecule is COc1cc(C(c2ccc(Cl)cc2Cl)N2CCNCC2)c(OC)cc1Cl. The zero-order chi connectivity index (χ0) is 18.7. The Labute approximate surface area is 168 Å². The average molecular weight is 416 g/mol. The van der Waals surface area contributed by atoms with Gasteiger partial charge in [-0.25, -0.2) is 0 Å². The van der Waals surface area contributed by atoms with E-state index in [1.54, 1.807) is 26.4 Å². The van der Waals surface area contributed by atoms with Gasteiger partial charge >= 0.3 is 0 Å². The third kappa shape index (κ3) is 4.05. The van der Waals surface area contributed by atoms with Crippen molar-refractivity contribution in [2.24, 2.45) is 0 Å². The van der Waals surface area contributed by atoms with Crippen LogP contribution in [0.4, 0.5) is 0 Å². The predicted octanol–water partition coefficient (Wildman–Crippen LogP) is 4.66. The first kappa shape index (κ1) is 19.6. The highest BCUT2D eigenvalue weighted by molar-refractivity contribution is 6.35. The number of hydrogen-bond acceptors (Lipinski definition) is 4. The Morgan fingerprint density at radius 3 is 2.19 bits per heavy atom. The second-order valence-corrected chi connectivity index (χ2v) is 7.33. The number of ether oxygens (including phenoxy) is 2. The van der Waals surface area contributed by atoms with Crippen LogP contribution in [0.1, 0.15) is 17.2 Å². The maximum absolute atomic E-state index is 6.57. The lowest BCUT2D eigenvalue weighted by Gasteiger charge is -2.36. The van der Waals surface area contributed by atoms with Crippen molar-refractivity contribution in [1.29, 1.82) is 0 Å². The molecule has 26 heavy (non-hydrogen) atoms. The van der Waals surface area contributed by atoms with Gasteiger partial charge in [-0.2, -0.15) is 0 Å². The van der Waals surface area contributed by atoms with E-state index in [1.165, 1.54) is 0 Å². The van der Waals surface area contributed by atoms with Crippen LogP contribution in [-0.4, -0.2) is 45.3 Å². The van der Waals surface area contributed by atoms with Crippen molar-refractivity contribution < 1.29 is 9.47 Å². The van der Waals surface area contributed by atoms with Crippen molar-refractivity contribution in [2.45, 2.75) is 6.04 Å². The lowest BCUT2D eigenvalue weighted by Crippen LogP contribution is -2.45. The summed E-state index contributed by atoms with van der Waals surface area (Å²) in [6.45, 7) is 3.60. The van der Waals surface area contributed by atoms with Crippen molar-refractivity contribution in [3.05, 3.63) is 56.5 Å². The molecule has 1 fully saturated rings. The first-order chi connectivity index (χ1) is 12.5. The molecule has 1 heterocycles. The molecule has 3 rings (SSSR count). The summed E-state index contributed by atoms with van der Waals surface area (Å²) >= 11 is 19.0. The van der Waals surface area contributed by atoms with E-state index >= 15 is 0 Å². The summed E-state index contributed by atoms with van der Waals surface area (Å²) in [7, 11) is 3.24. The van der Waals surface area contributed by atoms with Crippen molar-refractivity contribution >= 4 is 34.8 Å². The molecule has 0 bridgehead atoms. The fraction of sp³-hybridized carbons (Fsp3) is 0.368. The van der Waals surface area contributed by atoms with Crippen LogP contribution in [0.5, 0.6) is 11.5 Å². The molecular weight excluding hydrogens is 395 g/mol. The molecule has 0 saturated carbocycles. The molecule has 0 aliphatic carbocycles. The van der Waals surface area contributed by atoms with Gasteiger partial charge in [-0.15, -0.1) is 0 Å². The summed E-state index contributed by atoms with van der Waals surface area (Å²) in [5.74, 6) is 1.30. The van der Waals surface area contributed by atoms with Crippen molar-refractivity contribution in [2.75, 3.05) is 40.4 Å². The number of nitrogens with zero attached hydrogens (tertiary/aromatic N) is 1. The van der Waals surface area contributed by atoms with Gasteiger partial charge in [0.1, 0.15) is 11.5 Å². The smallest absolute Gasteiger partial charge is 0.138 e. The van der Waals surface area contributed by atoms with E-state index in [4.69, 9.17) is 44.3 Å². The molecule has 0 amide bonds. The molecule has 0 spiro atoms. The van der Waals surface area contributed by atoms with Gasteiger partial charge in [0.25, 0.3) is 0 Å². The predicted molar refractivity (Wildman–Crippen MR) is 107 cm³/mol. The Kier molecular flexibility index (Phi) is 6.54. The fourth-order valence-corrected chi connectivity index (χ4v) is 4.06. The van der Waals surface area contributed by atoms with E-state index < -0.39 is 0 Å². The van der Waals surface area contributed by atoms with Crippen LogP contribution in [0, 0.1) is 0 Å². The monoisotopic (exact) mass is 414 g/mol. The van der Waals surface area contributed by atoms with Gasteiger partial charge in [-0.05, 0) is 23.8 Å². The third-order valence-corrected chi connectivity index (χ3v) is 5.43. The van der Waals surface area contributed by atoms with Gasteiger partial charge in [0.05, 0.1) is 25.3 Å². The lowest BCUT2D eigenvalue weighted by atomic mass is 9.95. The maximum atomic E-state index is 6.57. The van der Waals surface area contributed by atoms with Crippen LogP contribution >= 0.6 is 34.8 Å². The molecule has 1 N–H and O–H groups in total. The number of halogens is 3. The number of benzene rings is 2. The van der Waals surface area contributed by atoms with Crippen molar-refractivity contribution in [1.82, 2.24) is 10.2 Å². The Hall–Kier alpha value is -1.17. The van der Waals surface area contributed by atoms with Crippen LogP contribution in [0.15, 0.2) is 30.3 Å². The van der Waals surface area contributed by atoms with Crippen LogP contribution in [0.25, 0.3) is 0 Å². The van der Waals surface area contributed by atoms with Crippen LogP contribution in [-0.2, 0) is 0 Å². The molecule has 0 radical (unpaired) electrons. The topological polar surface area (TPSA) is 33.7 Å². The molecular formula is C19H21Cl3N2O2. The number of hydrogen-bond donors (Lipinski definition) is 1. The van der Waals surface area contributed by atoms with E-state index in [0.717, 1.165) is 37.3 Å². The molecule has 1 aliphatic heterocycles. The van der Waals surface area contributed by atoms with E-state index in [0.29, 0.717) is 26.6 Å². The quantitative estimate of drug-likeness (QED) is 0.770. The molecule has 1 atom stereocenters. The van der Waals surface area contributed by atoms with Gasteiger partial charge < -0.3 is 14.8 Å². The van der Waals surface area contributed by atoms with E-state index in [-0.39, 0.29) is 6.04 Å². The fourth-order valence-electron chi connectivity index (χ4n) is 3.32. The number of piperazine rings is 1. The largest absolute Gasteiger partial charge is 0.496 e. The molecule has 1 aliphatic rings. The highest BCUT2D eigenvalue weighted by Crippen LogP contribution is 2.42. The summed E-state index contributed by atoms with van der Waals surface area (Å²) in [6, 6.07) is 9.22. The Morgan fingerprint density at radius 1 is 0.885 bits per heavy atom. The summed E-state index contributed by atoms with van der Waals surface area (Å²) in [5, 5.41) is 5.12. The van der Waals surface area contributed by atoms with Gasteiger partial charge in [0.2, 0.25) is 0 Å². The lowest BCUT2D eigenvalue weighted by molar-refractivity contribution is 0.195. The van der Waals surface area contributed by atoms with Crippen LogP contribution < -0.4 is 14.8 Å². The molecule has 0 aromatic heterocycles. The molecule has 140 valence electrons. The first-order valence-corrected chi connectivity index (χ1v) is 9.49. The Balaban J connectivity index is 2.17. The highest BCUT2D eigenvalue weighted by atomic mass is 35.5. The van der Waals surface area contributed by atoms with E-state index in [1.807, 2.05) is 18.2 Å². The summed E-state index contributed by atoms with van der Waals surface area (Å²) < 4.78 is 11.1. The second-order valence-electron chi connectivity index (χ2n) is 6.08. The minimum Gasteiger partial charge on any atom is -0.496 e. The Morgan fingerprint density at radius 2 is 1.58 bits per heavy atom. The summed E-state index contributed by atoms with van der Waals surface area (Å²) in [4.78, 5) is 2.37. The third-order valence-electron chi connectivity index (χ3n) is 4.57. The van der Waals surface area contributed by atoms with Crippen molar-refractivity contribution in [3.8, 4) is 11.5 Å². The summed E-state index contributed by atoms with van der Waals surface area (Å²) in [5.41, 5.74) is 1.93. The second kappa shape index (κ2) is 8.68. The van der Waals surface area contributed by atoms with Crippen LogP contribution in [0.3, 0.4) is 0 Å². The zero-order valence-electron chi connectivity index (χ0n) is 14.7. The van der Waals surface area contributed by atoms with Gasteiger partial charge in [0, 0.05) is 47.9 Å². The maximum Gasteiger partial charge on any atom is 0.138 e. The Bertz CT molecular complexity index is 780. The standard InChI is InChI=1S/C19H21Cl3N2O2/c1-25-17-11-16(22)18(26-2)10-14(17)19(24-7-5-23-6-8-24)13-4-3-12(20)9-15(13)21/h3-4,9-11,19,23H,5-8H2,1-2H3. The molecule has 4 nitrogen and oxygen atoms in total. The van der Waals surface area contributed by atoms with Gasteiger partial charge in [-0.1, -0.05) is 40.9 Å². The minimum absolute atomic E-state index is 0.0945. The number of rotatable bonds is 5. The number of methoxy groups -OCH3 is 2. The normalized spacial score (nSPS) is 16.3. The van der Waals surface area contributed by atoms with E-state index in [9.17, 15) is 0 Å². The van der Waals surface area contributed by atoms with Gasteiger partial charge in [0.15, 0.2) is 0 Å². The molecule has 2 aromatic carbocycles. The summed E-state index contributed by atoms with van der Waals surface area (Å²) in [6.07, 6.45) is 0. The molecule has 2 aromatic rings. The minimum atomic E-state index is -0.0945. The van der Waals surface area contributed by atoms with Gasteiger partial charge in [-0.3, -0.25) is 4.90 Å². The van der Waals surface area contributed by atoms with Crippen LogP contribution in [0.2, 0.25) is 15.1 Å².